The number of fused-ring (bicyclic) bond motifs is 1. The van der Waals surface area contributed by atoms with Crippen LogP contribution in [0.2, 0.25) is 0 Å². The maximum absolute atomic E-state index is 11.0. The number of piperidine rings is 2. The third-order valence-electron chi connectivity index (χ3n) is 2.70. The predicted molar refractivity (Wildman–Crippen MR) is 42.1 cm³/mol. The number of hydrogen-bond acceptors (Lipinski definition) is 2. The van der Waals surface area contributed by atoms with Gasteiger partial charge in [-0.3, -0.25) is 4.79 Å². The van der Waals surface area contributed by atoms with Crippen LogP contribution in [0.1, 0.15) is 19.3 Å². The van der Waals surface area contributed by atoms with Crippen LogP contribution in [0.5, 0.6) is 0 Å². The van der Waals surface area contributed by atoms with Crippen LogP contribution < -0.4 is 10.6 Å². The van der Waals surface area contributed by atoms with Crippen molar-refractivity contribution in [3.05, 3.63) is 0 Å². The average Bonchev–Trinajstić information content (AvgIpc) is 2.04. The van der Waals surface area contributed by atoms with Gasteiger partial charge in [0.1, 0.15) is 0 Å². The van der Waals surface area contributed by atoms with E-state index in [1.807, 2.05) is 0 Å². The van der Waals surface area contributed by atoms with Crippen molar-refractivity contribution < 1.29 is 4.79 Å². The fourth-order valence-electron chi connectivity index (χ4n) is 2.01. The van der Waals surface area contributed by atoms with Crippen molar-refractivity contribution in [2.75, 3.05) is 13.1 Å². The molecule has 2 N–H and O–H groups in total. The minimum absolute atomic E-state index is 0.244. The Kier molecular flexibility index (Phi) is 1.82. The van der Waals surface area contributed by atoms with E-state index in [9.17, 15) is 4.79 Å². The molecule has 2 aliphatic heterocycles. The van der Waals surface area contributed by atoms with E-state index in [0.717, 1.165) is 32.4 Å². The Morgan fingerprint density at radius 1 is 1.36 bits per heavy atom. The van der Waals surface area contributed by atoms with Crippen LogP contribution in [-0.2, 0) is 4.79 Å². The Labute approximate surface area is 66.5 Å². The van der Waals surface area contributed by atoms with E-state index < -0.39 is 0 Å². The summed E-state index contributed by atoms with van der Waals surface area (Å²) in [7, 11) is 0. The quantitative estimate of drug-likeness (QED) is 0.510. The lowest BCUT2D eigenvalue weighted by atomic mass is 9.86. The molecule has 0 aromatic rings. The van der Waals surface area contributed by atoms with Gasteiger partial charge in [0.05, 0.1) is 0 Å². The van der Waals surface area contributed by atoms with Crippen molar-refractivity contribution >= 4 is 5.91 Å². The van der Waals surface area contributed by atoms with E-state index in [1.54, 1.807) is 0 Å². The summed E-state index contributed by atoms with van der Waals surface area (Å²) in [6.07, 6.45) is 2.91. The fraction of sp³-hybridized carbons (Fsp3) is 0.875. The average molecular weight is 154 g/mol. The summed E-state index contributed by atoms with van der Waals surface area (Å²) >= 11 is 0. The zero-order chi connectivity index (χ0) is 7.68. The smallest absolute Gasteiger partial charge is 0.220 e. The highest BCUT2D eigenvalue weighted by Crippen LogP contribution is 2.20. The summed E-state index contributed by atoms with van der Waals surface area (Å²) in [5.41, 5.74) is 0. The van der Waals surface area contributed by atoms with Crippen LogP contribution in [0.3, 0.4) is 0 Å². The fourth-order valence-corrected chi connectivity index (χ4v) is 2.01. The van der Waals surface area contributed by atoms with Crippen molar-refractivity contribution in [1.82, 2.24) is 10.6 Å². The van der Waals surface area contributed by atoms with Gasteiger partial charge >= 0.3 is 0 Å². The van der Waals surface area contributed by atoms with E-state index in [0.29, 0.717) is 12.0 Å². The molecule has 2 atom stereocenters. The Hall–Kier alpha value is -0.570. The lowest BCUT2D eigenvalue weighted by Gasteiger charge is -2.36. The molecule has 2 fully saturated rings. The summed E-state index contributed by atoms with van der Waals surface area (Å²) in [6.45, 7) is 2.15. The first-order chi connectivity index (χ1) is 5.36. The van der Waals surface area contributed by atoms with E-state index in [2.05, 4.69) is 10.6 Å². The van der Waals surface area contributed by atoms with Gasteiger partial charge in [0.25, 0.3) is 0 Å². The molecular weight excluding hydrogens is 140 g/mol. The Morgan fingerprint density at radius 2 is 2.27 bits per heavy atom. The van der Waals surface area contributed by atoms with Gasteiger partial charge in [0.2, 0.25) is 5.91 Å². The van der Waals surface area contributed by atoms with Crippen LogP contribution in [0, 0.1) is 5.92 Å². The molecule has 2 saturated heterocycles. The zero-order valence-electron chi connectivity index (χ0n) is 6.60. The van der Waals surface area contributed by atoms with Crippen LogP contribution >= 0.6 is 0 Å². The van der Waals surface area contributed by atoms with Gasteiger partial charge in [-0.15, -0.1) is 0 Å². The monoisotopic (exact) mass is 154 g/mol. The molecule has 0 radical (unpaired) electrons. The number of amides is 1. The highest BCUT2D eigenvalue weighted by atomic mass is 16.1. The highest BCUT2D eigenvalue weighted by molar-refractivity contribution is 5.77. The molecule has 0 bridgehead atoms. The first-order valence-corrected chi connectivity index (χ1v) is 4.36. The van der Waals surface area contributed by atoms with Gasteiger partial charge in [0, 0.05) is 12.5 Å². The van der Waals surface area contributed by atoms with Crippen molar-refractivity contribution in [3.8, 4) is 0 Å². The number of carbonyl (C=O) groups is 1. The number of carbonyl (C=O) groups excluding carboxylic acids is 1. The minimum Gasteiger partial charge on any atom is -0.353 e. The Bertz CT molecular complexity index is 169. The van der Waals surface area contributed by atoms with Crippen LogP contribution in [-0.4, -0.2) is 25.0 Å². The molecule has 0 unspecified atom stereocenters. The van der Waals surface area contributed by atoms with Gasteiger partial charge in [0.15, 0.2) is 0 Å². The summed E-state index contributed by atoms with van der Waals surface area (Å²) in [4.78, 5) is 11.0. The van der Waals surface area contributed by atoms with Gasteiger partial charge in [-0.2, -0.15) is 0 Å². The Balaban J connectivity index is 1.98. The SMILES string of the molecule is O=C1CC[C@@H]2CNCC[C@H]2N1. The van der Waals surface area contributed by atoms with Gasteiger partial charge in [-0.05, 0) is 31.8 Å². The van der Waals surface area contributed by atoms with E-state index in [-0.39, 0.29) is 5.91 Å². The molecule has 3 nitrogen and oxygen atoms in total. The second-order valence-corrected chi connectivity index (χ2v) is 3.47. The van der Waals surface area contributed by atoms with E-state index >= 15 is 0 Å². The summed E-state index contributed by atoms with van der Waals surface area (Å²) in [5, 5.41) is 6.39. The number of hydrogen-bond donors (Lipinski definition) is 2. The van der Waals surface area contributed by atoms with Crippen LogP contribution in [0.25, 0.3) is 0 Å². The molecule has 0 aromatic carbocycles. The highest BCUT2D eigenvalue weighted by Gasteiger charge is 2.30. The molecule has 3 heteroatoms. The van der Waals surface area contributed by atoms with Crippen LogP contribution in [0.15, 0.2) is 0 Å². The molecule has 2 heterocycles. The first-order valence-electron chi connectivity index (χ1n) is 4.36. The van der Waals surface area contributed by atoms with Crippen molar-refractivity contribution in [2.45, 2.75) is 25.3 Å². The van der Waals surface area contributed by atoms with E-state index in [4.69, 9.17) is 0 Å². The third-order valence-corrected chi connectivity index (χ3v) is 2.70. The van der Waals surface area contributed by atoms with Gasteiger partial charge < -0.3 is 10.6 Å². The van der Waals surface area contributed by atoms with Crippen LogP contribution in [0.4, 0.5) is 0 Å². The molecule has 2 rings (SSSR count). The number of nitrogens with one attached hydrogen (secondary N) is 2. The maximum Gasteiger partial charge on any atom is 0.220 e. The lowest BCUT2D eigenvalue weighted by Crippen LogP contribution is -2.52. The van der Waals surface area contributed by atoms with Gasteiger partial charge in [-0.1, -0.05) is 0 Å². The Morgan fingerprint density at radius 3 is 3.18 bits per heavy atom. The maximum atomic E-state index is 11.0. The van der Waals surface area contributed by atoms with E-state index in [1.165, 1.54) is 0 Å². The summed E-state index contributed by atoms with van der Waals surface area (Å²) in [5.74, 6) is 0.939. The molecular formula is C8H14N2O. The molecule has 11 heavy (non-hydrogen) atoms. The van der Waals surface area contributed by atoms with Crippen molar-refractivity contribution in [2.24, 2.45) is 5.92 Å². The second-order valence-electron chi connectivity index (χ2n) is 3.47. The third kappa shape index (κ3) is 1.38. The molecule has 2 aliphatic rings. The standard InChI is InChI=1S/C8H14N2O/c11-8-2-1-6-5-9-4-3-7(6)10-8/h6-7,9H,1-5H2,(H,10,11)/t6-,7-/m1/s1. The topological polar surface area (TPSA) is 41.1 Å². The molecule has 62 valence electrons. The molecule has 1 amide bonds. The largest absolute Gasteiger partial charge is 0.353 e. The summed E-state index contributed by atoms with van der Waals surface area (Å²) < 4.78 is 0. The molecule has 0 spiro atoms. The lowest BCUT2D eigenvalue weighted by molar-refractivity contribution is -0.124. The van der Waals surface area contributed by atoms with Crippen molar-refractivity contribution in [1.29, 1.82) is 0 Å². The zero-order valence-corrected chi connectivity index (χ0v) is 6.60. The minimum atomic E-state index is 0.244. The second kappa shape index (κ2) is 2.81. The molecule has 0 saturated carbocycles. The predicted octanol–water partition coefficient (Wildman–Crippen LogP) is -0.126. The number of rotatable bonds is 0. The van der Waals surface area contributed by atoms with Gasteiger partial charge in [-0.25, -0.2) is 0 Å². The van der Waals surface area contributed by atoms with Crippen molar-refractivity contribution in [3.63, 3.8) is 0 Å². The molecule has 0 aromatic heterocycles. The normalized spacial score (nSPS) is 37.6. The first kappa shape index (κ1) is 7.10. The summed E-state index contributed by atoms with van der Waals surface area (Å²) in [6, 6.07) is 0.470. The molecule has 0 aliphatic carbocycles.